The van der Waals surface area contributed by atoms with E-state index in [-0.39, 0.29) is 5.92 Å². The third-order valence-electron chi connectivity index (χ3n) is 5.59. The molecule has 2 heterocycles. The minimum Gasteiger partial charge on any atom is -0.342 e. The Hall–Kier alpha value is -1.35. The van der Waals surface area contributed by atoms with Crippen LogP contribution in [-0.2, 0) is 11.3 Å². The van der Waals surface area contributed by atoms with Crippen molar-refractivity contribution in [3.05, 3.63) is 35.4 Å². The van der Waals surface area contributed by atoms with E-state index in [0.29, 0.717) is 5.91 Å². The number of likely N-dealkylation sites (tertiary alicyclic amines) is 2. The van der Waals surface area contributed by atoms with Gasteiger partial charge in [0.15, 0.2) is 0 Å². The number of benzene rings is 1. The maximum atomic E-state index is 12.9. The molecule has 3 rings (SSSR count). The summed E-state index contributed by atoms with van der Waals surface area (Å²) >= 11 is 0. The van der Waals surface area contributed by atoms with Gasteiger partial charge >= 0.3 is 0 Å². The van der Waals surface area contributed by atoms with Gasteiger partial charge in [0.1, 0.15) is 6.54 Å². The number of nitrogens with one attached hydrogen (secondary N) is 1. The second-order valence-electron chi connectivity index (χ2n) is 7.39. The fraction of sp³-hybridized carbons (Fsp3) is 0.650. The monoisotopic (exact) mass is 315 g/mol. The van der Waals surface area contributed by atoms with E-state index in [1.807, 2.05) is 0 Å². The SMILES string of the molecule is Cc1ccccc1C[NH+]1CCCC(C(=O)N2CCCCCC2)C1. The van der Waals surface area contributed by atoms with Gasteiger partial charge in [0.25, 0.3) is 0 Å². The molecule has 0 aromatic heterocycles. The van der Waals surface area contributed by atoms with Crippen LogP contribution in [0, 0.1) is 12.8 Å². The van der Waals surface area contributed by atoms with Crippen molar-refractivity contribution in [2.24, 2.45) is 5.92 Å². The summed E-state index contributed by atoms with van der Waals surface area (Å²) in [6, 6.07) is 8.67. The lowest BCUT2D eigenvalue weighted by Crippen LogP contribution is -3.12. The summed E-state index contributed by atoms with van der Waals surface area (Å²) < 4.78 is 0. The molecule has 1 amide bonds. The van der Waals surface area contributed by atoms with Crippen molar-refractivity contribution in [1.82, 2.24) is 4.90 Å². The van der Waals surface area contributed by atoms with E-state index in [9.17, 15) is 4.79 Å². The van der Waals surface area contributed by atoms with Crippen LogP contribution in [0.3, 0.4) is 0 Å². The molecule has 1 N–H and O–H groups in total. The Bertz CT molecular complexity index is 520. The topological polar surface area (TPSA) is 24.8 Å². The lowest BCUT2D eigenvalue weighted by Gasteiger charge is -2.32. The van der Waals surface area contributed by atoms with Crippen LogP contribution >= 0.6 is 0 Å². The number of carbonyl (C=O) groups is 1. The Balaban J connectivity index is 1.59. The van der Waals surface area contributed by atoms with Crippen molar-refractivity contribution >= 4 is 5.91 Å². The van der Waals surface area contributed by atoms with Crippen LogP contribution in [0.15, 0.2) is 24.3 Å². The highest BCUT2D eigenvalue weighted by molar-refractivity contribution is 5.79. The molecule has 2 unspecified atom stereocenters. The Labute approximate surface area is 140 Å². The van der Waals surface area contributed by atoms with Gasteiger partial charge in [-0.3, -0.25) is 4.79 Å². The van der Waals surface area contributed by atoms with Crippen LogP contribution in [0.25, 0.3) is 0 Å². The number of piperidine rings is 1. The molecule has 126 valence electrons. The van der Waals surface area contributed by atoms with Crippen molar-refractivity contribution in [3.63, 3.8) is 0 Å². The van der Waals surface area contributed by atoms with Gasteiger partial charge in [0, 0.05) is 18.7 Å². The zero-order valence-corrected chi connectivity index (χ0v) is 14.5. The molecule has 3 heteroatoms. The first-order chi connectivity index (χ1) is 11.2. The number of hydrogen-bond acceptors (Lipinski definition) is 1. The van der Waals surface area contributed by atoms with Crippen LogP contribution in [0.2, 0.25) is 0 Å². The molecule has 2 atom stereocenters. The highest BCUT2D eigenvalue weighted by Crippen LogP contribution is 2.16. The Kier molecular flexibility index (Phi) is 5.71. The summed E-state index contributed by atoms with van der Waals surface area (Å²) in [5.41, 5.74) is 2.81. The summed E-state index contributed by atoms with van der Waals surface area (Å²) in [6.45, 7) is 7.46. The van der Waals surface area contributed by atoms with Gasteiger partial charge in [-0.2, -0.15) is 0 Å². The molecular weight excluding hydrogens is 284 g/mol. The molecule has 0 saturated carbocycles. The van der Waals surface area contributed by atoms with Gasteiger partial charge in [0.2, 0.25) is 5.91 Å². The second kappa shape index (κ2) is 7.96. The van der Waals surface area contributed by atoms with Crippen molar-refractivity contribution in [1.29, 1.82) is 0 Å². The maximum absolute atomic E-state index is 12.9. The Morgan fingerprint density at radius 3 is 2.61 bits per heavy atom. The van der Waals surface area contributed by atoms with Crippen molar-refractivity contribution in [2.45, 2.75) is 52.0 Å². The molecule has 2 aliphatic rings. The number of carbonyl (C=O) groups excluding carboxylic acids is 1. The van der Waals surface area contributed by atoms with Crippen LogP contribution in [0.4, 0.5) is 0 Å². The Morgan fingerprint density at radius 1 is 1.13 bits per heavy atom. The Morgan fingerprint density at radius 2 is 1.87 bits per heavy atom. The lowest BCUT2D eigenvalue weighted by atomic mass is 9.95. The first-order valence-corrected chi connectivity index (χ1v) is 9.41. The molecule has 0 radical (unpaired) electrons. The number of aryl methyl sites for hydroxylation is 1. The van der Waals surface area contributed by atoms with Gasteiger partial charge in [0.05, 0.1) is 19.0 Å². The normalized spacial score (nSPS) is 25.9. The van der Waals surface area contributed by atoms with Gasteiger partial charge in [-0.05, 0) is 38.2 Å². The summed E-state index contributed by atoms with van der Waals surface area (Å²) in [4.78, 5) is 16.6. The van der Waals surface area contributed by atoms with Crippen molar-refractivity contribution in [2.75, 3.05) is 26.2 Å². The quantitative estimate of drug-likeness (QED) is 0.909. The second-order valence-corrected chi connectivity index (χ2v) is 7.39. The van der Waals surface area contributed by atoms with Crippen LogP contribution in [-0.4, -0.2) is 37.0 Å². The fourth-order valence-corrected chi connectivity index (χ4v) is 4.15. The first-order valence-electron chi connectivity index (χ1n) is 9.41. The van der Waals surface area contributed by atoms with Gasteiger partial charge in [-0.15, -0.1) is 0 Å². The standard InChI is InChI=1S/C20H30N2O/c1-17-9-4-5-10-18(17)15-21-12-8-11-19(16-21)20(23)22-13-6-2-3-7-14-22/h4-5,9-10,19H,2-3,6-8,11-16H2,1H3/p+1. The third kappa shape index (κ3) is 4.35. The van der Waals surface area contributed by atoms with E-state index in [2.05, 4.69) is 36.1 Å². The van der Waals surface area contributed by atoms with Crippen LogP contribution < -0.4 is 4.90 Å². The average Bonchev–Trinajstić information content (AvgIpc) is 2.86. The van der Waals surface area contributed by atoms with E-state index >= 15 is 0 Å². The summed E-state index contributed by atoms with van der Waals surface area (Å²) in [5.74, 6) is 0.690. The minimum absolute atomic E-state index is 0.251. The molecule has 0 aliphatic carbocycles. The average molecular weight is 315 g/mol. The van der Waals surface area contributed by atoms with Crippen molar-refractivity contribution < 1.29 is 9.69 Å². The van der Waals surface area contributed by atoms with E-state index in [0.717, 1.165) is 32.6 Å². The fourth-order valence-electron chi connectivity index (χ4n) is 4.15. The highest BCUT2D eigenvalue weighted by Gasteiger charge is 2.32. The molecule has 2 fully saturated rings. The number of quaternary nitrogens is 1. The number of rotatable bonds is 3. The molecule has 0 bridgehead atoms. The molecule has 23 heavy (non-hydrogen) atoms. The van der Waals surface area contributed by atoms with Gasteiger partial charge < -0.3 is 9.80 Å². The molecule has 2 aliphatic heterocycles. The van der Waals surface area contributed by atoms with E-state index in [4.69, 9.17) is 0 Å². The maximum Gasteiger partial charge on any atom is 0.231 e. The van der Waals surface area contributed by atoms with Crippen LogP contribution in [0.5, 0.6) is 0 Å². The number of hydrogen-bond donors (Lipinski definition) is 1. The summed E-state index contributed by atoms with van der Waals surface area (Å²) in [7, 11) is 0. The summed E-state index contributed by atoms with van der Waals surface area (Å²) in [5, 5.41) is 0. The predicted octanol–water partition coefficient (Wildman–Crippen LogP) is 2.19. The molecule has 0 spiro atoms. The molecule has 1 aromatic carbocycles. The highest BCUT2D eigenvalue weighted by atomic mass is 16.2. The number of nitrogens with zero attached hydrogens (tertiary/aromatic N) is 1. The predicted molar refractivity (Wildman–Crippen MR) is 93.4 cm³/mol. The number of amides is 1. The zero-order valence-electron chi connectivity index (χ0n) is 14.5. The van der Waals surface area contributed by atoms with Crippen molar-refractivity contribution in [3.8, 4) is 0 Å². The first kappa shape index (κ1) is 16.5. The van der Waals surface area contributed by atoms with E-state index in [1.54, 1.807) is 4.90 Å². The lowest BCUT2D eigenvalue weighted by molar-refractivity contribution is -0.921. The molecule has 3 nitrogen and oxygen atoms in total. The smallest absolute Gasteiger partial charge is 0.231 e. The largest absolute Gasteiger partial charge is 0.342 e. The zero-order chi connectivity index (χ0) is 16.1. The van der Waals surface area contributed by atoms with Gasteiger partial charge in [-0.1, -0.05) is 37.1 Å². The molecule has 2 saturated heterocycles. The molecule has 1 aromatic rings. The molecular formula is C20H31N2O+. The van der Waals surface area contributed by atoms with E-state index < -0.39 is 0 Å². The van der Waals surface area contributed by atoms with Gasteiger partial charge in [-0.25, -0.2) is 0 Å². The van der Waals surface area contributed by atoms with E-state index in [1.165, 1.54) is 49.8 Å². The van der Waals surface area contributed by atoms with Crippen LogP contribution in [0.1, 0.15) is 49.7 Å². The third-order valence-corrected chi connectivity index (χ3v) is 5.59. The minimum atomic E-state index is 0.251. The summed E-state index contributed by atoms with van der Waals surface area (Å²) in [6.07, 6.45) is 7.24.